The van der Waals surface area contributed by atoms with Gasteiger partial charge in [0.05, 0.1) is 5.56 Å². The molecule has 1 saturated heterocycles. The van der Waals surface area contributed by atoms with Crippen LogP contribution in [-0.2, 0) is 12.6 Å². The third-order valence-corrected chi connectivity index (χ3v) is 6.58. The Labute approximate surface area is 181 Å². The minimum atomic E-state index is -4.36. The number of hydrogen-bond acceptors (Lipinski definition) is 5. The van der Waals surface area contributed by atoms with Crippen LogP contribution in [0.15, 0.2) is 36.7 Å². The number of rotatable bonds is 4. The van der Waals surface area contributed by atoms with Crippen molar-refractivity contribution in [2.24, 2.45) is 11.8 Å². The molecule has 10 heteroatoms. The first-order valence-corrected chi connectivity index (χ1v) is 10.6. The largest absolute Gasteiger partial charge is 0.416 e. The lowest BCUT2D eigenvalue weighted by atomic mass is 9.91. The first-order valence-electron chi connectivity index (χ1n) is 10.6. The van der Waals surface area contributed by atoms with Crippen LogP contribution >= 0.6 is 0 Å². The highest BCUT2D eigenvalue weighted by Crippen LogP contribution is 2.48. The SMILES string of the molecule is O=C(c1nc2ncc(CCO)cn2n1)N1C[C@H]2C[C@@H](c3ccccc3C(F)(F)F)C[C@H]2C1. The highest BCUT2D eigenvalue weighted by atomic mass is 19.4. The molecule has 32 heavy (non-hydrogen) atoms. The van der Waals surface area contributed by atoms with E-state index < -0.39 is 11.7 Å². The van der Waals surface area contributed by atoms with E-state index in [0.29, 0.717) is 43.7 Å². The average Bonchev–Trinajstić information content (AvgIpc) is 3.45. The lowest BCUT2D eigenvalue weighted by molar-refractivity contribution is -0.138. The maximum atomic E-state index is 13.4. The Bertz CT molecular complexity index is 1150. The number of aromatic nitrogens is 4. The predicted octanol–water partition coefficient (Wildman–Crippen LogP) is 2.94. The number of likely N-dealkylation sites (tertiary alicyclic amines) is 1. The molecule has 1 aliphatic heterocycles. The number of amides is 1. The van der Waals surface area contributed by atoms with E-state index in [1.54, 1.807) is 29.4 Å². The van der Waals surface area contributed by atoms with Gasteiger partial charge in [0.25, 0.3) is 11.7 Å². The quantitative estimate of drug-likeness (QED) is 0.668. The van der Waals surface area contributed by atoms with Gasteiger partial charge in [-0.15, -0.1) is 5.10 Å². The van der Waals surface area contributed by atoms with Crippen LogP contribution < -0.4 is 0 Å². The average molecular weight is 445 g/mol. The Morgan fingerprint density at radius 2 is 1.88 bits per heavy atom. The van der Waals surface area contributed by atoms with Gasteiger partial charge in [-0.05, 0) is 54.2 Å². The zero-order chi connectivity index (χ0) is 22.5. The van der Waals surface area contributed by atoms with Crippen LogP contribution in [0, 0.1) is 11.8 Å². The number of carbonyl (C=O) groups is 1. The van der Waals surface area contributed by atoms with Crippen LogP contribution in [0.5, 0.6) is 0 Å². The van der Waals surface area contributed by atoms with Crippen molar-refractivity contribution in [1.82, 2.24) is 24.5 Å². The number of aliphatic hydroxyl groups is 1. The molecule has 3 atom stereocenters. The molecule has 3 aromatic rings. The summed E-state index contributed by atoms with van der Waals surface area (Å²) in [6, 6.07) is 5.81. The number of halogens is 3. The monoisotopic (exact) mass is 445 g/mol. The molecule has 7 nitrogen and oxygen atoms in total. The van der Waals surface area contributed by atoms with Gasteiger partial charge in [-0.3, -0.25) is 4.79 Å². The molecule has 0 radical (unpaired) electrons. The highest BCUT2D eigenvalue weighted by molar-refractivity contribution is 5.91. The van der Waals surface area contributed by atoms with Crippen molar-refractivity contribution in [3.63, 3.8) is 0 Å². The van der Waals surface area contributed by atoms with Crippen LogP contribution in [0.4, 0.5) is 13.2 Å². The molecule has 1 N–H and O–H groups in total. The Morgan fingerprint density at radius 1 is 1.16 bits per heavy atom. The molecule has 1 saturated carbocycles. The maximum Gasteiger partial charge on any atom is 0.416 e. The Morgan fingerprint density at radius 3 is 2.56 bits per heavy atom. The molecule has 1 aliphatic carbocycles. The molecule has 2 fully saturated rings. The van der Waals surface area contributed by atoms with E-state index in [1.165, 1.54) is 10.6 Å². The van der Waals surface area contributed by atoms with Crippen LogP contribution in [0.1, 0.15) is 46.1 Å². The topological polar surface area (TPSA) is 83.6 Å². The van der Waals surface area contributed by atoms with Crippen LogP contribution in [0.3, 0.4) is 0 Å². The van der Waals surface area contributed by atoms with E-state index in [9.17, 15) is 18.0 Å². The maximum absolute atomic E-state index is 13.4. The van der Waals surface area contributed by atoms with Gasteiger partial charge in [0.15, 0.2) is 0 Å². The van der Waals surface area contributed by atoms with Gasteiger partial charge in [0.2, 0.25) is 5.82 Å². The Balaban J connectivity index is 1.29. The van der Waals surface area contributed by atoms with Gasteiger partial charge in [-0.1, -0.05) is 18.2 Å². The summed E-state index contributed by atoms with van der Waals surface area (Å²) >= 11 is 0. The van der Waals surface area contributed by atoms with E-state index in [2.05, 4.69) is 15.1 Å². The normalized spacial score (nSPS) is 23.1. The van der Waals surface area contributed by atoms with Gasteiger partial charge in [0, 0.05) is 32.1 Å². The van der Waals surface area contributed by atoms with Gasteiger partial charge in [-0.25, -0.2) is 9.50 Å². The van der Waals surface area contributed by atoms with Crippen molar-refractivity contribution in [3.05, 3.63) is 59.2 Å². The summed E-state index contributed by atoms with van der Waals surface area (Å²) in [6.45, 7) is 0.971. The fraction of sp³-hybridized carbons (Fsp3) is 0.455. The first-order chi connectivity index (χ1) is 15.3. The summed E-state index contributed by atoms with van der Waals surface area (Å²) in [7, 11) is 0. The minimum Gasteiger partial charge on any atom is -0.396 e. The number of carbonyl (C=O) groups excluding carboxylic acids is 1. The molecule has 0 unspecified atom stereocenters. The van der Waals surface area contributed by atoms with Crippen LogP contribution in [0.2, 0.25) is 0 Å². The minimum absolute atomic E-state index is 0.0152. The van der Waals surface area contributed by atoms with Crippen molar-refractivity contribution in [2.75, 3.05) is 19.7 Å². The third kappa shape index (κ3) is 3.72. The summed E-state index contributed by atoms with van der Waals surface area (Å²) in [5.74, 6) is 0.243. The lowest BCUT2D eigenvalue weighted by Crippen LogP contribution is -2.30. The van der Waals surface area contributed by atoms with Gasteiger partial charge in [-0.2, -0.15) is 18.2 Å². The number of alkyl halides is 3. The standard InChI is InChI=1S/C22H22F3N5O2/c23-22(24,25)18-4-2-1-3-17(18)14-7-15-11-29(12-16(15)8-14)20(32)19-27-21-26-9-13(5-6-31)10-30(21)28-19/h1-4,9-10,14-16,31H,5-8,11-12H2/t14-,15-,16+. The fourth-order valence-electron chi connectivity index (χ4n) is 5.14. The number of hydrogen-bond donors (Lipinski definition) is 1. The predicted molar refractivity (Wildman–Crippen MR) is 108 cm³/mol. The molecule has 0 bridgehead atoms. The number of fused-ring (bicyclic) bond motifs is 2. The fourth-order valence-corrected chi connectivity index (χ4v) is 5.14. The van der Waals surface area contributed by atoms with E-state index in [-0.39, 0.29) is 36.1 Å². The van der Waals surface area contributed by atoms with E-state index >= 15 is 0 Å². The van der Waals surface area contributed by atoms with Crippen molar-refractivity contribution in [3.8, 4) is 0 Å². The molecule has 1 aromatic carbocycles. The van der Waals surface area contributed by atoms with Crippen molar-refractivity contribution >= 4 is 11.7 Å². The number of benzene rings is 1. The second-order valence-corrected chi connectivity index (χ2v) is 8.60. The Hall–Kier alpha value is -3.01. The lowest BCUT2D eigenvalue weighted by Gasteiger charge is -2.21. The van der Waals surface area contributed by atoms with E-state index in [4.69, 9.17) is 5.11 Å². The molecular formula is C22H22F3N5O2. The van der Waals surface area contributed by atoms with Crippen molar-refractivity contribution in [2.45, 2.75) is 31.4 Å². The second kappa shape index (κ2) is 7.84. The Kier molecular flexibility index (Phi) is 5.11. The zero-order valence-electron chi connectivity index (χ0n) is 17.2. The van der Waals surface area contributed by atoms with E-state index in [0.717, 1.165) is 11.6 Å². The molecule has 168 valence electrons. The molecule has 2 aliphatic rings. The zero-order valence-corrected chi connectivity index (χ0v) is 17.2. The third-order valence-electron chi connectivity index (χ3n) is 6.58. The van der Waals surface area contributed by atoms with Gasteiger partial charge in [0.1, 0.15) is 0 Å². The van der Waals surface area contributed by atoms with Crippen LogP contribution in [0.25, 0.3) is 5.78 Å². The van der Waals surface area contributed by atoms with Crippen molar-refractivity contribution in [1.29, 1.82) is 0 Å². The van der Waals surface area contributed by atoms with Gasteiger partial charge >= 0.3 is 6.18 Å². The number of aliphatic hydroxyl groups excluding tert-OH is 1. The summed E-state index contributed by atoms with van der Waals surface area (Å²) < 4.78 is 41.7. The molecule has 3 heterocycles. The summed E-state index contributed by atoms with van der Waals surface area (Å²) in [5, 5.41) is 13.3. The van der Waals surface area contributed by atoms with E-state index in [1.807, 2.05) is 0 Å². The highest BCUT2D eigenvalue weighted by Gasteiger charge is 2.45. The molecule has 2 aromatic heterocycles. The smallest absolute Gasteiger partial charge is 0.396 e. The van der Waals surface area contributed by atoms with Gasteiger partial charge < -0.3 is 10.0 Å². The molecule has 5 rings (SSSR count). The summed E-state index contributed by atoms with van der Waals surface area (Å²) in [4.78, 5) is 23.1. The first kappa shape index (κ1) is 20.9. The van der Waals surface area contributed by atoms with Crippen LogP contribution in [-0.4, -0.2) is 55.2 Å². The molecule has 0 spiro atoms. The summed E-state index contributed by atoms with van der Waals surface area (Å²) in [5.41, 5.74) is 0.587. The van der Waals surface area contributed by atoms with Crippen molar-refractivity contribution < 1.29 is 23.1 Å². The second-order valence-electron chi connectivity index (χ2n) is 8.60. The summed E-state index contributed by atoms with van der Waals surface area (Å²) in [6.07, 6.45) is 0.603. The number of nitrogens with zero attached hydrogens (tertiary/aromatic N) is 5. The molecular weight excluding hydrogens is 423 g/mol. The molecule has 1 amide bonds.